The van der Waals surface area contributed by atoms with E-state index in [-0.39, 0.29) is 12.6 Å². The number of esters is 2. The second-order valence-corrected chi connectivity index (χ2v) is 5.42. The maximum atomic E-state index is 12.0. The lowest BCUT2D eigenvalue weighted by molar-refractivity contribution is -0.143. The largest absolute Gasteiger partial charge is 0.462 e. The van der Waals surface area contributed by atoms with Gasteiger partial charge in [-0.3, -0.25) is 4.79 Å². The molecule has 1 aromatic carbocycles. The molecule has 0 amide bonds. The van der Waals surface area contributed by atoms with E-state index >= 15 is 0 Å². The summed E-state index contributed by atoms with van der Waals surface area (Å²) >= 11 is 0. The first-order valence-corrected chi connectivity index (χ1v) is 7.11. The van der Waals surface area contributed by atoms with E-state index in [1.54, 1.807) is 26.0 Å². The van der Waals surface area contributed by atoms with Crippen molar-refractivity contribution in [2.24, 2.45) is 0 Å². The van der Waals surface area contributed by atoms with E-state index < -0.39 is 11.6 Å². The van der Waals surface area contributed by atoms with Crippen LogP contribution in [-0.4, -0.2) is 25.2 Å². The number of hydrogen-bond acceptors (Lipinski definition) is 5. The first-order chi connectivity index (χ1) is 10.4. The molecule has 0 aliphatic carbocycles. The van der Waals surface area contributed by atoms with Gasteiger partial charge in [0.2, 0.25) is 0 Å². The second kappa shape index (κ2) is 6.32. The zero-order valence-corrected chi connectivity index (χ0v) is 13.3. The predicted octanol–water partition coefficient (Wildman–Crippen LogP) is 2.66. The van der Waals surface area contributed by atoms with E-state index in [2.05, 4.69) is 0 Å². The molecule has 22 heavy (non-hydrogen) atoms. The molecule has 1 aliphatic rings. The molecule has 1 aromatic rings. The molecule has 0 N–H and O–H groups in total. The van der Waals surface area contributed by atoms with Crippen molar-refractivity contribution >= 4 is 11.9 Å². The summed E-state index contributed by atoms with van der Waals surface area (Å²) in [7, 11) is 0. The third-order valence-electron chi connectivity index (χ3n) is 3.59. The lowest BCUT2D eigenvalue weighted by atomic mass is 9.98. The Bertz CT molecular complexity index is 626. The minimum absolute atomic E-state index is 0.110. The van der Waals surface area contributed by atoms with Crippen LogP contribution < -0.4 is 4.74 Å². The number of carbonyl (C=O) groups is 2. The summed E-state index contributed by atoms with van der Waals surface area (Å²) in [5.74, 6) is -0.334. The van der Waals surface area contributed by atoms with Crippen molar-refractivity contribution < 1.29 is 23.8 Å². The van der Waals surface area contributed by atoms with Crippen LogP contribution in [0.3, 0.4) is 0 Å². The Kier molecular flexibility index (Phi) is 4.66. The highest BCUT2D eigenvalue weighted by Crippen LogP contribution is 2.44. The molecular formula is C17H20O5. The van der Waals surface area contributed by atoms with E-state index in [1.165, 1.54) is 6.92 Å². The van der Waals surface area contributed by atoms with Crippen LogP contribution in [-0.2, 0) is 24.7 Å². The highest BCUT2D eigenvalue weighted by molar-refractivity contribution is 5.89. The van der Waals surface area contributed by atoms with Crippen molar-refractivity contribution in [1.82, 2.24) is 0 Å². The van der Waals surface area contributed by atoms with E-state index in [1.807, 2.05) is 19.1 Å². The van der Waals surface area contributed by atoms with Crippen molar-refractivity contribution in [2.45, 2.75) is 33.3 Å². The van der Waals surface area contributed by atoms with Crippen LogP contribution in [0.15, 0.2) is 29.8 Å². The van der Waals surface area contributed by atoms with Gasteiger partial charge in [0, 0.05) is 18.1 Å². The summed E-state index contributed by atoms with van der Waals surface area (Å²) in [6, 6.07) is 5.54. The number of ether oxygens (including phenoxy) is 3. The van der Waals surface area contributed by atoms with Gasteiger partial charge >= 0.3 is 11.9 Å². The van der Waals surface area contributed by atoms with Crippen molar-refractivity contribution in [3.05, 3.63) is 41.0 Å². The molecule has 1 unspecified atom stereocenters. The quantitative estimate of drug-likeness (QED) is 0.362. The zero-order chi connectivity index (χ0) is 16.3. The van der Waals surface area contributed by atoms with Crippen LogP contribution in [0.25, 0.3) is 0 Å². The molecular weight excluding hydrogens is 284 g/mol. The van der Waals surface area contributed by atoms with E-state index in [0.717, 1.165) is 11.1 Å². The molecule has 118 valence electrons. The molecule has 1 fully saturated rings. The molecule has 1 heterocycles. The lowest BCUT2D eigenvalue weighted by Gasteiger charge is -2.17. The average Bonchev–Trinajstić information content (AvgIpc) is 3.25. The fourth-order valence-electron chi connectivity index (χ4n) is 2.01. The van der Waals surface area contributed by atoms with Crippen LogP contribution in [0, 0.1) is 6.92 Å². The summed E-state index contributed by atoms with van der Waals surface area (Å²) in [5, 5.41) is 0. The van der Waals surface area contributed by atoms with Crippen LogP contribution in [0.4, 0.5) is 0 Å². The number of aryl methyl sites for hydroxylation is 1. The second-order valence-electron chi connectivity index (χ2n) is 5.42. The van der Waals surface area contributed by atoms with Crippen LogP contribution in [0.1, 0.15) is 31.9 Å². The van der Waals surface area contributed by atoms with Crippen molar-refractivity contribution in [2.75, 3.05) is 13.2 Å². The fraction of sp³-hybridized carbons (Fsp3) is 0.412. The van der Waals surface area contributed by atoms with Gasteiger partial charge in [-0.2, -0.15) is 0 Å². The maximum absolute atomic E-state index is 12.0. The highest BCUT2D eigenvalue weighted by atomic mass is 16.6. The molecule has 2 rings (SSSR count). The number of allylic oxidation sites excluding steroid dienone is 1. The van der Waals surface area contributed by atoms with Gasteiger partial charge in [-0.15, -0.1) is 0 Å². The molecule has 0 spiro atoms. The number of hydrogen-bond donors (Lipinski definition) is 0. The molecule has 0 saturated carbocycles. The lowest BCUT2D eigenvalue weighted by Crippen LogP contribution is -2.21. The van der Waals surface area contributed by atoms with Crippen LogP contribution >= 0.6 is 0 Å². The van der Waals surface area contributed by atoms with Crippen molar-refractivity contribution in [3.63, 3.8) is 0 Å². The van der Waals surface area contributed by atoms with Gasteiger partial charge in [-0.05, 0) is 32.4 Å². The average molecular weight is 304 g/mol. The number of rotatable bonds is 5. The molecule has 0 aromatic heterocycles. The molecule has 5 heteroatoms. The Hall–Kier alpha value is -2.14. The highest BCUT2D eigenvalue weighted by Gasteiger charge is 2.50. The first kappa shape index (κ1) is 16.2. The van der Waals surface area contributed by atoms with Gasteiger partial charge in [-0.25, -0.2) is 4.79 Å². The Morgan fingerprint density at radius 1 is 1.36 bits per heavy atom. The number of carbonyl (C=O) groups excluding carboxylic acids is 2. The van der Waals surface area contributed by atoms with Gasteiger partial charge in [0.25, 0.3) is 0 Å². The molecule has 1 atom stereocenters. The van der Waals surface area contributed by atoms with Gasteiger partial charge < -0.3 is 14.2 Å². The predicted molar refractivity (Wildman–Crippen MR) is 80.5 cm³/mol. The van der Waals surface area contributed by atoms with Crippen molar-refractivity contribution in [1.29, 1.82) is 0 Å². The minimum Gasteiger partial charge on any atom is -0.462 e. The van der Waals surface area contributed by atoms with Gasteiger partial charge in [0.05, 0.1) is 6.61 Å². The molecule has 5 nitrogen and oxygen atoms in total. The Balaban J connectivity index is 2.28. The molecule has 1 aliphatic heterocycles. The Morgan fingerprint density at radius 3 is 2.59 bits per heavy atom. The molecule has 1 saturated heterocycles. The monoisotopic (exact) mass is 304 g/mol. The van der Waals surface area contributed by atoms with Gasteiger partial charge in [0.15, 0.2) is 5.60 Å². The summed E-state index contributed by atoms with van der Waals surface area (Å²) in [6.45, 7) is 7.27. The summed E-state index contributed by atoms with van der Waals surface area (Å²) in [4.78, 5) is 23.0. The maximum Gasteiger partial charge on any atom is 0.338 e. The Labute approximate surface area is 129 Å². The molecule has 0 bridgehead atoms. The first-order valence-electron chi connectivity index (χ1n) is 7.11. The summed E-state index contributed by atoms with van der Waals surface area (Å²) < 4.78 is 16.0. The van der Waals surface area contributed by atoms with Crippen molar-refractivity contribution in [3.8, 4) is 5.75 Å². The van der Waals surface area contributed by atoms with E-state index in [4.69, 9.17) is 14.2 Å². The number of epoxide rings is 1. The normalized spacial score (nSPS) is 20.5. The van der Waals surface area contributed by atoms with Gasteiger partial charge in [0.1, 0.15) is 12.4 Å². The zero-order valence-electron chi connectivity index (χ0n) is 13.3. The Morgan fingerprint density at radius 2 is 2.05 bits per heavy atom. The van der Waals surface area contributed by atoms with E-state index in [9.17, 15) is 9.59 Å². The fourth-order valence-corrected chi connectivity index (χ4v) is 2.01. The summed E-state index contributed by atoms with van der Waals surface area (Å²) in [6.07, 6.45) is 1.69. The van der Waals surface area contributed by atoms with Crippen LogP contribution in [0.2, 0.25) is 0 Å². The number of benzene rings is 1. The smallest absolute Gasteiger partial charge is 0.338 e. The third kappa shape index (κ3) is 3.54. The van der Waals surface area contributed by atoms with Crippen LogP contribution in [0.5, 0.6) is 5.75 Å². The van der Waals surface area contributed by atoms with E-state index in [0.29, 0.717) is 17.9 Å². The molecule has 0 radical (unpaired) electrons. The summed E-state index contributed by atoms with van der Waals surface area (Å²) in [5.41, 5.74) is 1.50. The third-order valence-corrected chi connectivity index (χ3v) is 3.59. The van der Waals surface area contributed by atoms with Gasteiger partial charge in [-0.1, -0.05) is 18.2 Å². The minimum atomic E-state index is -0.710. The topological polar surface area (TPSA) is 65.1 Å². The SMILES string of the molecule is CC=C(C)C(=O)Oc1cc(C)ccc1C1(COC(C)=O)CO1. The standard InChI is InChI=1S/C17H20O5/c1-5-12(3)16(19)22-15-8-11(2)6-7-14(15)17(10-21-17)9-20-13(4)18/h5-8H,9-10H2,1-4H3.